The van der Waals surface area contributed by atoms with Crippen LogP contribution in [0.25, 0.3) is 11.2 Å². The molecular weight excluding hydrogens is 294 g/mol. The molecule has 2 heterocycles. The average molecular weight is 306 g/mol. The molecule has 0 amide bonds. The second-order valence-electron chi connectivity index (χ2n) is 4.73. The van der Waals surface area contributed by atoms with Crippen molar-refractivity contribution in [2.45, 2.75) is 20.0 Å². The van der Waals surface area contributed by atoms with Crippen LogP contribution >= 0.6 is 0 Å². The molecule has 0 bridgehead atoms. The molecule has 0 aliphatic carbocycles. The number of alkyl halides is 2. The summed E-state index contributed by atoms with van der Waals surface area (Å²) >= 11 is 0. The molecule has 0 unspecified atom stereocenters. The zero-order chi connectivity index (χ0) is 15.7. The summed E-state index contributed by atoms with van der Waals surface area (Å²) in [5, 5.41) is 7.39. The van der Waals surface area contributed by atoms with Crippen molar-refractivity contribution in [2.24, 2.45) is 0 Å². The third kappa shape index (κ3) is 2.67. The third-order valence-corrected chi connectivity index (χ3v) is 3.29. The second kappa shape index (κ2) is 5.55. The quantitative estimate of drug-likeness (QED) is 0.797. The van der Waals surface area contributed by atoms with E-state index in [9.17, 15) is 8.78 Å². The first-order valence-electron chi connectivity index (χ1n) is 6.45. The highest BCUT2D eigenvalue weighted by Gasteiger charge is 2.15. The van der Waals surface area contributed by atoms with Gasteiger partial charge in [-0.2, -0.15) is 8.78 Å². The van der Waals surface area contributed by atoms with E-state index in [1.54, 1.807) is 12.1 Å². The van der Waals surface area contributed by atoms with Crippen molar-refractivity contribution in [1.29, 1.82) is 0 Å². The number of nitrogens with zero attached hydrogens (tertiary/aromatic N) is 3. The number of fused-ring (bicyclic) bond motifs is 1. The molecule has 0 saturated carbocycles. The lowest BCUT2D eigenvalue weighted by molar-refractivity contribution is -0.0498. The van der Waals surface area contributed by atoms with Crippen LogP contribution < -0.4 is 10.5 Å². The van der Waals surface area contributed by atoms with E-state index in [-0.39, 0.29) is 5.75 Å². The highest BCUT2D eigenvalue weighted by molar-refractivity contribution is 5.85. The van der Waals surface area contributed by atoms with Crippen molar-refractivity contribution in [2.75, 3.05) is 5.73 Å². The van der Waals surface area contributed by atoms with Crippen LogP contribution in [0.1, 0.15) is 16.8 Å². The van der Waals surface area contributed by atoms with E-state index in [0.717, 1.165) is 11.1 Å². The summed E-state index contributed by atoms with van der Waals surface area (Å²) in [6, 6.07) is 6.36. The Kier molecular flexibility index (Phi) is 3.58. The normalized spacial score (nSPS) is 11.3. The Morgan fingerprint density at radius 2 is 1.95 bits per heavy atom. The van der Waals surface area contributed by atoms with Crippen LogP contribution in [-0.4, -0.2) is 21.9 Å². The smallest absolute Gasteiger partial charge is 0.387 e. The molecule has 2 N–H and O–H groups in total. The lowest BCUT2D eigenvalue weighted by Crippen LogP contribution is -2.03. The number of nitrogen functional groups attached to an aromatic ring is 1. The Morgan fingerprint density at radius 1 is 1.23 bits per heavy atom. The fraction of sp³-hybridized carbons (Fsp3) is 0.214. The standard InChI is InChI=1S/C14H12F2N4O2/c1-7-10(11(17)12-13(18-7)20-22-19-12)6-8-2-4-9(5-3-8)21-14(15)16/h2-5,14H,6,17H2,1H3. The van der Waals surface area contributed by atoms with Gasteiger partial charge in [0.15, 0.2) is 5.52 Å². The number of hydrogen-bond donors (Lipinski definition) is 1. The van der Waals surface area contributed by atoms with Gasteiger partial charge in [0.05, 0.1) is 5.69 Å². The van der Waals surface area contributed by atoms with E-state index < -0.39 is 6.61 Å². The van der Waals surface area contributed by atoms with Gasteiger partial charge >= 0.3 is 6.61 Å². The molecule has 0 radical (unpaired) electrons. The molecule has 22 heavy (non-hydrogen) atoms. The fourth-order valence-corrected chi connectivity index (χ4v) is 2.21. The predicted octanol–water partition coefficient (Wildman–Crippen LogP) is 2.70. The number of pyridine rings is 1. The minimum atomic E-state index is -2.84. The molecule has 3 rings (SSSR count). The van der Waals surface area contributed by atoms with E-state index >= 15 is 0 Å². The maximum Gasteiger partial charge on any atom is 0.387 e. The predicted molar refractivity (Wildman–Crippen MR) is 74.6 cm³/mol. The van der Waals surface area contributed by atoms with Crippen LogP contribution in [0.3, 0.4) is 0 Å². The molecule has 114 valence electrons. The summed E-state index contributed by atoms with van der Waals surface area (Å²) in [5.41, 5.74) is 9.71. The van der Waals surface area contributed by atoms with Gasteiger partial charge in [0.25, 0.3) is 0 Å². The van der Waals surface area contributed by atoms with Crippen molar-refractivity contribution in [3.8, 4) is 5.75 Å². The summed E-state index contributed by atoms with van der Waals surface area (Å²) < 4.78 is 33.2. The van der Waals surface area contributed by atoms with Crippen molar-refractivity contribution >= 4 is 16.9 Å². The third-order valence-electron chi connectivity index (χ3n) is 3.29. The van der Waals surface area contributed by atoms with Gasteiger partial charge in [-0.3, -0.25) is 0 Å². The minimum Gasteiger partial charge on any atom is -0.435 e. The molecule has 0 saturated heterocycles. The summed E-state index contributed by atoms with van der Waals surface area (Å²) in [4.78, 5) is 4.28. The van der Waals surface area contributed by atoms with Crippen molar-refractivity contribution in [3.63, 3.8) is 0 Å². The maximum absolute atomic E-state index is 12.1. The van der Waals surface area contributed by atoms with Crippen LogP contribution in [0.15, 0.2) is 28.9 Å². The van der Waals surface area contributed by atoms with Gasteiger partial charge in [0.1, 0.15) is 5.75 Å². The first kappa shape index (κ1) is 14.2. The number of aryl methyl sites for hydroxylation is 1. The Labute approximate surface area is 123 Å². The molecule has 8 heteroatoms. The number of ether oxygens (including phenoxy) is 1. The van der Waals surface area contributed by atoms with Crippen LogP contribution in [0.4, 0.5) is 14.5 Å². The zero-order valence-electron chi connectivity index (χ0n) is 11.6. The summed E-state index contributed by atoms with van der Waals surface area (Å²) in [5.74, 6) is 0.109. The van der Waals surface area contributed by atoms with Gasteiger partial charge in [-0.1, -0.05) is 12.1 Å². The molecule has 0 aliphatic rings. The molecule has 0 spiro atoms. The van der Waals surface area contributed by atoms with Gasteiger partial charge in [-0.15, -0.1) is 0 Å². The van der Waals surface area contributed by atoms with Gasteiger partial charge < -0.3 is 10.5 Å². The van der Waals surface area contributed by atoms with E-state index in [1.807, 2.05) is 6.92 Å². The largest absolute Gasteiger partial charge is 0.435 e. The van der Waals surface area contributed by atoms with Gasteiger partial charge in [0.2, 0.25) is 5.65 Å². The lowest BCUT2D eigenvalue weighted by Gasteiger charge is -2.09. The number of benzene rings is 1. The average Bonchev–Trinajstić information content (AvgIpc) is 2.93. The monoisotopic (exact) mass is 306 g/mol. The van der Waals surface area contributed by atoms with Crippen molar-refractivity contribution in [3.05, 3.63) is 41.1 Å². The maximum atomic E-state index is 12.1. The Balaban J connectivity index is 1.89. The molecule has 6 nitrogen and oxygen atoms in total. The minimum absolute atomic E-state index is 0.109. The molecule has 2 aromatic heterocycles. The number of nitrogens with two attached hydrogens (primary N) is 1. The van der Waals surface area contributed by atoms with Crippen molar-refractivity contribution in [1.82, 2.24) is 15.3 Å². The number of halogens is 2. The molecule has 0 atom stereocenters. The SMILES string of the molecule is Cc1nc2nonc2c(N)c1Cc1ccc(OC(F)F)cc1. The van der Waals surface area contributed by atoms with E-state index in [2.05, 4.69) is 24.7 Å². The first-order chi connectivity index (χ1) is 10.5. The summed E-state index contributed by atoms with van der Waals surface area (Å²) in [7, 11) is 0. The van der Waals surface area contributed by atoms with Crippen molar-refractivity contribution < 1.29 is 18.1 Å². The topological polar surface area (TPSA) is 87.1 Å². The number of aromatic nitrogens is 3. The molecule has 0 fully saturated rings. The van der Waals surface area contributed by atoms with Gasteiger partial charge in [0, 0.05) is 17.7 Å². The van der Waals surface area contributed by atoms with Gasteiger partial charge in [-0.25, -0.2) is 9.61 Å². The van der Waals surface area contributed by atoms with Crippen LogP contribution in [-0.2, 0) is 6.42 Å². The zero-order valence-corrected chi connectivity index (χ0v) is 11.6. The van der Waals surface area contributed by atoms with Crippen LogP contribution in [0, 0.1) is 6.92 Å². The molecule has 3 aromatic rings. The Morgan fingerprint density at radius 3 is 2.64 bits per heavy atom. The second-order valence-corrected chi connectivity index (χ2v) is 4.73. The Bertz CT molecular complexity index is 802. The van der Waals surface area contributed by atoms with Crippen LogP contribution in [0.2, 0.25) is 0 Å². The summed E-state index contributed by atoms with van der Waals surface area (Å²) in [6.45, 7) is -1.02. The molecule has 1 aromatic carbocycles. The lowest BCUT2D eigenvalue weighted by atomic mass is 10.0. The molecular formula is C14H12F2N4O2. The number of anilines is 1. The first-order valence-corrected chi connectivity index (χ1v) is 6.45. The summed E-state index contributed by atoms with van der Waals surface area (Å²) in [6.07, 6.45) is 0.489. The molecule has 0 aliphatic heterocycles. The van der Waals surface area contributed by atoms with Gasteiger partial charge in [-0.05, 0) is 34.9 Å². The van der Waals surface area contributed by atoms with E-state index in [4.69, 9.17) is 5.73 Å². The van der Waals surface area contributed by atoms with E-state index in [1.165, 1.54) is 12.1 Å². The van der Waals surface area contributed by atoms with E-state index in [0.29, 0.717) is 29.0 Å². The number of hydrogen-bond acceptors (Lipinski definition) is 6. The number of rotatable bonds is 4. The Hall–Kier alpha value is -2.77. The van der Waals surface area contributed by atoms with Crippen LogP contribution in [0.5, 0.6) is 5.75 Å². The highest BCUT2D eigenvalue weighted by Crippen LogP contribution is 2.26. The fourth-order valence-electron chi connectivity index (χ4n) is 2.21. The highest BCUT2D eigenvalue weighted by atomic mass is 19.3.